The lowest BCUT2D eigenvalue weighted by molar-refractivity contribution is -0.138. The monoisotopic (exact) mass is 357 g/mol. The molecule has 2 heterocycles. The van der Waals surface area contributed by atoms with Crippen LogP contribution in [0.3, 0.4) is 0 Å². The van der Waals surface area contributed by atoms with E-state index in [9.17, 15) is 4.79 Å². The maximum Gasteiger partial charge on any atom is 0.263 e. The number of hydrogen-bond acceptors (Lipinski definition) is 3. The molecule has 0 N–H and O–H groups in total. The highest BCUT2D eigenvalue weighted by Gasteiger charge is 2.33. The Morgan fingerprint density at radius 3 is 2.56 bits per heavy atom. The van der Waals surface area contributed by atoms with E-state index in [1.165, 1.54) is 11.1 Å². The molecule has 1 aromatic carbocycles. The smallest absolute Gasteiger partial charge is 0.263 e. The van der Waals surface area contributed by atoms with Crippen molar-refractivity contribution < 1.29 is 9.53 Å². The summed E-state index contributed by atoms with van der Waals surface area (Å²) in [5.41, 5.74) is 2.62. The Kier molecular flexibility index (Phi) is 5.19. The minimum absolute atomic E-state index is 0.0774. The molecule has 1 aromatic heterocycles. The average molecular weight is 358 g/mol. The van der Waals surface area contributed by atoms with Crippen LogP contribution in [0.4, 0.5) is 0 Å². The first kappa shape index (κ1) is 18.0. The minimum Gasteiger partial charge on any atom is -0.481 e. The first-order valence-electron chi connectivity index (χ1n) is 8.96. The van der Waals surface area contributed by atoms with Crippen LogP contribution in [0, 0.1) is 0 Å². The summed E-state index contributed by atoms with van der Waals surface area (Å²) in [7, 11) is 0. The summed E-state index contributed by atoms with van der Waals surface area (Å²) < 4.78 is 5.93. The molecule has 0 spiro atoms. The molecular formula is C21H27NO2S. The number of amides is 1. The summed E-state index contributed by atoms with van der Waals surface area (Å²) in [5.74, 6) is 0.828. The van der Waals surface area contributed by atoms with Crippen LogP contribution in [-0.4, -0.2) is 23.5 Å². The summed E-state index contributed by atoms with van der Waals surface area (Å²) in [6.07, 6.45) is 1.62. The normalized spacial score (nSPS) is 19.0. The van der Waals surface area contributed by atoms with Crippen molar-refractivity contribution >= 4 is 17.2 Å². The van der Waals surface area contributed by atoms with Crippen LogP contribution in [0.2, 0.25) is 0 Å². The lowest BCUT2D eigenvalue weighted by Gasteiger charge is -2.27. The van der Waals surface area contributed by atoms with Gasteiger partial charge in [0, 0.05) is 6.54 Å². The molecule has 2 aromatic rings. The van der Waals surface area contributed by atoms with E-state index < -0.39 is 6.10 Å². The maximum atomic E-state index is 12.9. The molecule has 0 bridgehead atoms. The van der Waals surface area contributed by atoms with Gasteiger partial charge in [-0.2, -0.15) is 11.3 Å². The highest BCUT2D eigenvalue weighted by Crippen LogP contribution is 2.34. The summed E-state index contributed by atoms with van der Waals surface area (Å²) in [5, 5.41) is 4.22. The summed E-state index contributed by atoms with van der Waals surface area (Å²) >= 11 is 1.69. The number of benzene rings is 1. The first-order chi connectivity index (χ1) is 11.9. The number of thiophene rings is 1. The summed E-state index contributed by atoms with van der Waals surface area (Å²) in [6.45, 7) is 9.23. The van der Waals surface area contributed by atoms with Gasteiger partial charge < -0.3 is 9.64 Å². The van der Waals surface area contributed by atoms with E-state index in [0.717, 1.165) is 25.1 Å². The molecule has 1 aliphatic rings. The lowest BCUT2D eigenvalue weighted by atomic mass is 9.87. The van der Waals surface area contributed by atoms with Gasteiger partial charge in [-0.1, -0.05) is 32.9 Å². The van der Waals surface area contributed by atoms with Crippen LogP contribution >= 0.6 is 11.3 Å². The van der Waals surface area contributed by atoms with Gasteiger partial charge in [-0.3, -0.25) is 4.79 Å². The number of hydrogen-bond donors (Lipinski definition) is 0. The second-order valence-corrected chi connectivity index (χ2v) is 8.56. The van der Waals surface area contributed by atoms with E-state index >= 15 is 0 Å². The van der Waals surface area contributed by atoms with Gasteiger partial charge in [0.2, 0.25) is 0 Å². The highest BCUT2D eigenvalue weighted by molar-refractivity contribution is 7.07. The lowest BCUT2D eigenvalue weighted by Crippen LogP contribution is -2.40. The standard InChI is InChI=1S/C21H27NO2S/c1-15(24-18-9-7-17(8-10-18)21(2,3)4)20(23)22-12-5-6-19(22)16-11-13-25-14-16/h7-11,13-15,19H,5-6,12H2,1-4H3. The predicted octanol–water partition coefficient (Wildman–Crippen LogP) is 5.18. The van der Waals surface area contributed by atoms with Gasteiger partial charge in [0.15, 0.2) is 6.10 Å². The maximum absolute atomic E-state index is 12.9. The molecule has 1 amide bonds. The van der Waals surface area contributed by atoms with Crippen LogP contribution in [0.25, 0.3) is 0 Å². The second-order valence-electron chi connectivity index (χ2n) is 7.78. The van der Waals surface area contributed by atoms with Gasteiger partial charge in [0.25, 0.3) is 5.91 Å². The second kappa shape index (κ2) is 7.20. The molecule has 3 rings (SSSR count). The van der Waals surface area contributed by atoms with Crippen molar-refractivity contribution in [2.75, 3.05) is 6.54 Å². The van der Waals surface area contributed by atoms with Crippen LogP contribution in [0.1, 0.15) is 57.7 Å². The van der Waals surface area contributed by atoms with Crippen LogP contribution < -0.4 is 4.74 Å². The van der Waals surface area contributed by atoms with Gasteiger partial charge >= 0.3 is 0 Å². The topological polar surface area (TPSA) is 29.5 Å². The van der Waals surface area contributed by atoms with Gasteiger partial charge in [-0.15, -0.1) is 0 Å². The summed E-state index contributed by atoms with van der Waals surface area (Å²) in [6, 6.07) is 10.4. The van der Waals surface area contributed by atoms with Crippen molar-refractivity contribution in [2.45, 2.75) is 58.1 Å². The fourth-order valence-corrected chi connectivity index (χ4v) is 4.07. The Hall–Kier alpha value is -1.81. The molecule has 3 nitrogen and oxygen atoms in total. The molecule has 1 saturated heterocycles. The molecule has 25 heavy (non-hydrogen) atoms. The Morgan fingerprint density at radius 1 is 1.24 bits per heavy atom. The fraction of sp³-hybridized carbons (Fsp3) is 0.476. The number of likely N-dealkylation sites (tertiary alicyclic amines) is 1. The number of nitrogens with zero attached hydrogens (tertiary/aromatic N) is 1. The fourth-order valence-electron chi connectivity index (χ4n) is 3.36. The van der Waals surface area contributed by atoms with Crippen molar-refractivity contribution in [1.82, 2.24) is 4.90 Å². The molecule has 0 aliphatic carbocycles. The molecule has 1 aliphatic heterocycles. The van der Waals surface area contributed by atoms with Gasteiger partial charge in [-0.25, -0.2) is 0 Å². The third-order valence-corrected chi connectivity index (χ3v) is 5.55. The highest BCUT2D eigenvalue weighted by atomic mass is 32.1. The molecule has 1 fully saturated rings. The van der Waals surface area contributed by atoms with Crippen molar-refractivity contribution in [3.8, 4) is 5.75 Å². The largest absolute Gasteiger partial charge is 0.481 e. The van der Waals surface area contributed by atoms with Crippen LogP contribution in [0.5, 0.6) is 5.75 Å². The van der Waals surface area contributed by atoms with E-state index in [2.05, 4.69) is 49.7 Å². The average Bonchev–Trinajstić information content (AvgIpc) is 3.24. The molecule has 0 radical (unpaired) electrons. The Balaban J connectivity index is 1.66. The van der Waals surface area contributed by atoms with Crippen molar-refractivity contribution in [3.05, 3.63) is 52.2 Å². The molecule has 134 valence electrons. The van der Waals surface area contributed by atoms with E-state index in [4.69, 9.17) is 4.74 Å². The Bertz CT molecular complexity index is 700. The third kappa shape index (κ3) is 4.06. The molecule has 2 unspecified atom stereocenters. The Labute approximate surface area is 154 Å². The first-order valence-corrected chi connectivity index (χ1v) is 9.90. The van der Waals surface area contributed by atoms with Crippen LogP contribution in [0.15, 0.2) is 41.1 Å². The predicted molar refractivity (Wildman–Crippen MR) is 103 cm³/mol. The number of rotatable bonds is 4. The van der Waals surface area contributed by atoms with Crippen molar-refractivity contribution in [1.29, 1.82) is 0 Å². The Morgan fingerprint density at radius 2 is 1.96 bits per heavy atom. The molecule has 4 heteroatoms. The quantitative estimate of drug-likeness (QED) is 0.755. The van der Waals surface area contributed by atoms with Gasteiger partial charge in [0.05, 0.1) is 6.04 Å². The van der Waals surface area contributed by atoms with Gasteiger partial charge in [-0.05, 0) is 65.3 Å². The third-order valence-electron chi connectivity index (χ3n) is 4.84. The van der Waals surface area contributed by atoms with Crippen LogP contribution in [-0.2, 0) is 10.2 Å². The molecule has 2 atom stereocenters. The zero-order valence-corrected chi connectivity index (χ0v) is 16.3. The molecular weight excluding hydrogens is 330 g/mol. The van der Waals surface area contributed by atoms with Crippen molar-refractivity contribution in [3.63, 3.8) is 0 Å². The number of carbonyl (C=O) groups excluding carboxylic acids is 1. The van der Waals surface area contributed by atoms with Crippen molar-refractivity contribution in [2.24, 2.45) is 0 Å². The van der Waals surface area contributed by atoms with E-state index in [0.29, 0.717) is 0 Å². The minimum atomic E-state index is -0.472. The van der Waals surface area contributed by atoms with E-state index in [1.54, 1.807) is 11.3 Å². The molecule has 0 saturated carbocycles. The van der Waals surface area contributed by atoms with E-state index in [1.807, 2.05) is 24.0 Å². The van der Waals surface area contributed by atoms with Gasteiger partial charge in [0.1, 0.15) is 5.75 Å². The zero-order chi connectivity index (χ0) is 18.0. The van der Waals surface area contributed by atoms with E-state index in [-0.39, 0.29) is 17.4 Å². The SMILES string of the molecule is CC(Oc1ccc(C(C)(C)C)cc1)C(=O)N1CCCC1c1ccsc1. The number of carbonyl (C=O) groups is 1. The zero-order valence-electron chi connectivity index (χ0n) is 15.5. The summed E-state index contributed by atoms with van der Waals surface area (Å²) in [4.78, 5) is 14.9. The number of ether oxygens (including phenoxy) is 1.